The Bertz CT molecular complexity index is 698. The summed E-state index contributed by atoms with van der Waals surface area (Å²) in [6.07, 6.45) is 4.08. The van der Waals surface area contributed by atoms with Crippen molar-refractivity contribution < 1.29 is 17.9 Å². The van der Waals surface area contributed by atoms with E-state index in [1.807, 2.05) is 10.8 Å². The minimum absolute atomic E-state index is 0.363. The van der Waals surface area contributed by atoms with Crippen molar-refractivity contribution in [1.82, 2.24) is 0 Å². The fourth-order valence-electron chi connectivity index (χ4n) is 1.87. The first-order valence-corrected chi connectivity index (χ1v) is 10.2. The molecule has 2 aromatic heterocycles. The largest absolute Gasteiger partial charge is 0.501 e. The lowest BCUT2D eigenvalue weighted by Gasteiger charge is -1.99. The van der Waals surface area contributed by atoms with Crippen LogP contribution in [-0.2, 0) is 32.2 Å². The molecular formula is C16H18O4S3. The molecule has 0 amide bonds. The Balaban J connectivity index is 2.08. The van der Waals surface area contributed by atoms with E-state index in [1.165, 1.54) is 35.2 Å². The van der Waals surface area contributed by atoms with Crippen LogP contribution in [0, 0.1) is 0 Å². The molecule has 0 aliphatic rings. The van der Waals surface area contributed by atoms with Gasteiger partial charge in [-0.25, -0.2) is 8.42 Å². The van der Waals surface area contributed by atoms with E-state index in [2.05, 4.69) is 13.2 Å². The molecule has 0 fully saturated rings. The van der Waals surface area contributed by atoms with Gasteiger partial charge in [-0.2, -0.15) is 0 Å². The van der Waals surface area contributed by atoms with Crippen molar-refractivity contribution in [3.05, 3.63) is 59.7 Å². The SMILES string of the molecule is C=COCCc1csc(S(=O)(=O)c2cc(CCOC=C)cs2)c1. The molecule has 4 nitrogen and oxygen atoms in total. The van der Waals surface area contributed by atoms with Crippen molar-refractivity contribution in [3.63, 3.8) is 0 Å². The van der Waals surface area contributed by atoms with Gasteiger partial charge in [0.05, 0.1) is 25.7 Å². The topological polar surface area (TPSA) is 52.6 Å². The van der Waals surface area contributed by atoms with Crippen molar-refractivity contribution in [2.75, 3.05) is 13.2 Å². The third-order valence-corrected chi connectivity index (χ3v) is 7.77. The average Bonchev–Trinajstić information content (AvgIpc) is 3.17. The lowest BCUT2D eigenvalue weighted by Crippen LogP contribution is -1.98. The second kappa shape index (κ2) is 8.33. The highest BCUT2D eigenvalue weighted by Crippen LogP contribution is 2.31. The highest BCUT2D eigenvalue weighted by Gasteiger charge is 2.22. The maximum Gasteiger partial charge on any atom is 0.225 e. The molecule has 0 spiro atoms. The summed E-state index contributed by atoms with van der Waals surface area (Å²) in [6, 6.07) is 3.43. The summed E-state index contributed by atoms with van der Waals surface area (Å²) in [7, 11) is -3.44. The summed E-state index contributed by atoms with van der Waals surface area (Å²) < 4.78 is 36.2. The first kappa shape index (κ1) is 17.8. The van der Waals surface area contributed by atoms with Crippen LogP contribution in [0.2, 0.25) is 0 Å². The number of hydrogen-bond acceptors (Lipinski definition) is 6. The monoisotopic (exact) mass is 370 g/mol. The van der Waals surface area contributed by atoms with E-state index in [9.17, 15) is 8.42 Å². The van der Waals surface area contributed by atoms with Gasteiger partial charge in [0.15, 0.2) is 0 Å². The Kier molecular flexibility index (Phi) is 6.44. The van der Waals surface area contributed by atoms with Gasteiger partial charge in [-0.3, -0.25) is 0 Å². The zero-order chi connectivity index (χ0) is 16.7. The molecule has 0 radical (unpaired) electrons. The first-order valence-electron chi connectivity index (χ1n) is 6.93. The minimum atomic E-state index is -3.44. The van der Waals surface area contributed by atoms with Gasteiger partial charge < -0.3 is 9.47 Å². The van der Waals surface area contributed by atoms with Gasteiger partial charge in [0, 0.05) is 12.8 Å². The fourth-order valence-corrected chi connectivity index (χ4v) is 6.03. The van der Waals surface area contributed by atoms with Gasteiger partial charge in [0.25, 0.3) is 0 Å². The third-order valence-electron chi connectivity index (χ3n) is 3.04. The summed E-state index contributed by atoms with van der Waals surface area (Å²) in [6.45, 7) is 7.94. The number of hydrogen-bond donors (Lipinski definition) is 0. The van der Waals surface area contributed by atoms with Crippen LogP contribution < -0.4 is 0 Å². The highest BCUT2D eigenvalue weighted by molar-refractivity contribution is 7.95. The van der Waals surface area contributed by atoms with Crippen LogP contribution in [-0.4, -0.2) is 21.6 Å². The minimum Gasteiger partial charge on any atom is -0.501 e. The Morgan fingerprint density at radius 1 is 0.913 bits per heavy atom. The molecule has 0 bridgehead atoms. The predicted octanol–water partition coefficient (Wildman–Crippen LogP) is 4.05. The Labute approximate surface area is 144 Å². The van der Waals surface area contributed by atoms with Crippen molar-refractivity contribution in [1.29, 1.82) is 0 Å². The predicted molar refractivity (Wildman–Crippen MR) is 93.8 cm³/mol. The standard InChI is InChI=1S/C16H18O4S3/c1-3-19-7-5-13-9-15(21-11-13)23(17,18)16-10-14(12-22-16)6-8-20-4-2/h3-4,9-12H,1-2,5-8H2. The fraction of sp³-hybridized carbons (Fsp3) is 0.250. The van der Waals surface area contributed by atoms with E-state index >= 15 is 0 Å². The van der Waals surface area contributed by atoms with Crippen LogP contribution in [0.3, 0.4) is 0 Å². The van der Waals surface area contributed by atoms with Crippen LogP contribution in [0.5, 0.6) is 0 Å². The number of thiophene rings is 2. The quantitative estimate of drug-likeness (QED) is 0.468. The molecule has 0 aromatic carbocycles. The zero-order valence-electron chi connectivity index (χ0n) is 12.6. The molecule has 124 valence electrons. The molecule has 0 atom stereocenters. The van der Waals surface area contributed by atoms with Crippen LogP contribution in [0.1, 0.15) is 11.1 Å². The average molecular weight is 371 g/mol. The van der Waals surface area contributed by atoms with E-state index in [0.717, 1.165) is 11.1 Å². The molecule has 2 rings (SSSR count). The molecular weight excluding hydrogens is 352 g/mol. The van der Waals surface area contributed by atoms with Crippen LogP contribution in [0.25, 0.3) is 0 Å². The van der Waals surface area contributed by atoms with Crippen LogP contribution in [0.4, 0.5) is 0 Å². The number of rotatable bonds is 10. The van der Waals surface area contributed by atoms with Crippen molar-refractivity contribution in [2.24, 2.45) is 0 Å². The van der Waals surface area contributed by atoms with Gasteiger partial charge >= 0.3 is 0 Å². The second-order valence-corrected chi connectivity index (χ2v) is 8.85. The van der Waals surface area contributed by atoms with E-state index in [0.29, 0.717) is 34.5 Å². The summed E-state index contributed by atoms with van der Waals surface area (Å²) >= 11 is 2.48. The lowest BCUT2D eigenvalue weighted by molar-refractivity contribution is 0.255. The Hall–Kier alpha value is -1.57. The zero-order valence-corrected chi connectivity index (χ0v) is 15.0. The maximum atomic E-state index is 12.6. The second-order valence-electron chi connectivity index (χ2n) is 4.63. The number of ether oxygens (including phenoxy) is 2. The Morgan fingerprint density at radius 2 is 1.35 bits per heavy atom. The van der Waals surface area contributed by atoms with Gasteiger partial charge in [0.2, 0.25) is 9.84 Å². The molecule has 7 heteroatoms. The molecule has 23 heavy (non-hydrogen) atoms. The van der Waals surface area contributed by atoms with Crippen LogP contribution in [0.15, 0.2) is 57.0 Å². The van der Waals surface area contributed by atoms with Crippen LogP contribution >= 0.6 is 22.7 Å². The lowest BCUT2D eigenvalue weighted by atomic mass is 10.3. The summed E-state index contributed by atoms with van der Waals surface area (Å²) in [5.41, 5.74) is 1.90. The van der Waals surface area contributed by atoms with E-state index < -0.39 is 9.84 Å². The van der Waals surface area contributed by atoms with Crippen molar-refractivity contribution >= 4 is 32.5 Å². The summed E-state index contributed by atoms with van der Waals surface area (Å²) in [4.78, 5) is 0. The van der Waals surface area contributed by atoms with Crippen molar-refractivity contribution in [2.45, 2.75) is 21.3 Å². The summed E-state index contributed by atoms with van der Waals surface area (Å²) in [5, 5.41) is 3.71. The normalized spacial score (nSPS) is 11.1. The summed E-state index contributed by atoms with van der Waals surface area (Å²) in [5.74, 6) is 0. The van der Waals surface area contributed by atoms with Gasteiger partial charge in [-0.15, -0.1) is 22.7 Å². The van der Waals surface area contributed by atoms with E-state index in [-0.39, 0.29) is 0 Å². The molecule has 0 saturated carbocycles. The number of sulfone groups is 1. The smallest absolute Gasteiger partial charge is 0.225 e. The molecule has 0 aliphatic carbocycles. The van der Waals surface area contributed by atoms with Gasteiger partial charge in [0.1, 0.15) is 8.42 Å². The van der Waals surface area contributed by atoms with Gasteiger partial charge in [-0.05, 0) is 34.0 Å². The molecule has 0 aliphatic heterocycles. The molecule has 2 heterocycles. The molecule has 2 aromatic rings. The first-order chi connectivity index (χ1) is 11.1. The van der Waals surface area contributed by atoms with Gasteiger partial charge in [-0.1, -0.05) is 13.2 Å². The third kappa shape index (κ3) is 4.70. The van der Waals surface area contributed by atoms with Crippen molar-refractivity contribution in [3.8, 4) is 0 Å². The van der Waals surface area contributed by atoms with E-state index in [1.54, 1.807) is 12.1 Å². The molecule has 0 N–H and O–H groups in total. The molecule has 0 saturated heterocycles. The molecule has 0 unspecified atom stereocenters. The highest BCUT2D eigenvalue weighted by atomic mass is 32.3. The Morgan fingerprint density at radius 3 is 1.74 bits per heavy atom. The van der Waals surface area contributed by atoms with E-state index in [4.69, 9.17) is 9.47 Å². The maximum absolute atomic E-state index is 12.6.